The van der Waals surface area contributed by atoms with E-state index in [1.807, 2.05) is 0 Å². The van der Waals surface area contributed by atoms with Crippen LogP contribution in [0.5, 0.6) is 0 Å². The predicted molar refractivity (Wildman–Crippen MR) is 59.7 cm³/mol. The van der Waals surface area contributed by atoms with E-state index >= 15 is 0 Å². The first-order valence-electron chi connectivity index (χ1n) is 5.19. The molecule has 1 saturated heterocycles. The van der Waals surface area contributed by atoms with Crippen LogP contribution in [0.4, 0.5) is 0 Å². The van der Waals surface area contributed by atoms with Crippen molar-refractivity contribution in [2.45, 2.75) is 12.8 Å². The minimum atomic E-state index is -2.97. The number of hydrogen-bond acceptors (Lipinski definition) is 4. The van der Waals surface area contributed by atoms with Crippen LogP contribution in [0.25, 0.3) is 0 Å². The molecule has 0 aromatic carbocycles. The molecule has 1 fully saturated rings. The molecule has 4 nitrogen and oxygen atoms in total. The van der Waals surface area contributed by atoms with Gasteiger partial charge in [-0.05, 0) is 24.1 Å². The van der Waals surface area contributed by atoms with Crippen molar-refractivity contribution < 1.29 is 13.2 Å². The van der Waals surface area contributed by atoms with Gasteiger partial charge in [0.1, 0.15) is 5.78 Å². The van der Waals surface area contributed by atoms with Gasteiger partial charge in [0.05, 0.1) is 11.5 Å². The van der Waals surface area contributed by atoms with E-state index in [2.05, 4.69) is 4.98 Å². The second-order valence-electron chi connectivity index (χ2n) is 4.10. The van der Waals surface area contributed by atoms with E-state index in [1.165, 1.54) is 0 Å². The van der Waals surface area contributed by atoms with Crippen LogP contribution >= 0.6 is 0 Å². The molecule has 1 atom stereocenters. The molecule has 2 rings (SSSR count). The smallest absolute Gasteiger partial charge is 0.151 e. The Morgan fingerprint density at radius 2 is 2.06 bits per heavy atom. The molecular formula is C11H13NO3S. The van der Waals surface area contributed by atoms with Crippen molar-refractivity contribution in [2.75, 3.05) is 11.5 Å². The van der Waals surface area contributed by atoms with Gasteiger partial charge in [-0.15, -0.1) is 0 Å². The molecule has 0 radical (unpaired) electrons. The standard InChI is InChI=1S/C11H13NO3S/c13-11(7-9-1-4-12-5-2-9)10-3-6-16(14,15)8-10/h1-2,4-5,10H,3,6-8H2. The highest BCUT2D eigenvalue weighted by Crippen LogP contribution is 2.20. The Kier molecular flexibility index (Phi) is 3.05. The quantitative estimate of drug-likeness (QED) is 0.776. The lowest BCUT2D eigenvalue weighted by Crippen LogP contribution is -2.18. The SMILES string of the molecule is O=C(Cc1ccncc1)C1CCS(=O)(=O)C1. The minimum Gasteiger partial charge on any atom is -0.299 e. The first-order valence-corrected chi connectivity index (χ1v) is 7.01. The van der Waals surface area contributed by atoms with Crippen molar-refractivity contribution in [1.82, 2.24) is 4.98 Å². The number of pyridine rings is 1. The maximum Gasteiger partial charge on any atom is 0.151 e. The summed E-state index contributed by atoms with van der Waals surface area (Å²) in [6.07, 6.45) is 4.05. The summed E-state index contributed by atoms with van der Waals surface area (Å²) in [7, 11) is -2.97. The highest BCUT2D eigenvalue weighted by molar-refractivity contribution is 7.91. The van der Waals surface area contributed by atoms with Crippen LogP contribution < -0.4 is 0 Å². The molecule has 1 aromatic heterocycles. The summed E-state index contributed by atoms with van der Waals surface area (Å²) in [5.74, 6) is -0.109. The van der Waals surface area contributed by atoms with Crippen molar-refractivity contribution in [3.05, 3.63) is 30.1 Å². The summed E-state index contributed by atoms with van der Waals surface area (Å²) in [4.78, 5) is 15.7. The third kappa shape index (κ3) is 2.66. The monoisotopic (exact) mass is 239 g/mol. The highest BCUT2D eigenvalue weighted by atomic mass is 32.2. The van der Waals surface area contributed by atoms with Crippen molar-refractivity contribution >= 4 is 15.6 Å². The topological polar surface area (TPSA) is 64.1 Å². The summed E-state index contributed by atoms with van der Waals surface area (Å²) in [5.41, 5.74) is 0.893. The summed E-state index contributed by atoms with van der Waals surface area (Å²) in [6, 6.07) is 3.56. The lowest BCUT2D eigenvalue weighted by Gasteiger charge is -2.05. The van der Waals surface area contributed by atoms with E-state index in [0.29, 0.717) is 12.8 Å². The highest BCUT2D eigenvalue weighted by Gasteiger charge is 2.32. The Labute approximate surface area is 94.6 Å². The Morgan fingerprint density at radius 3 is 2.62 bits per heavy atom. The molecule has 1 aromatic rings. The van der Waals surface area contributed by atoms with Gasteiger partial charge in [-0.3, -0.25) is 9.78 Å². The largest absolute Gasteiger partial charge is 0.299 e. The Bertz CT molecular complexity index is 481. The molecule has 0 saturated carbocycles. The summed E-state index contributed by atoms with van der Waals surface area (Å²) in [5, 5.41) is 0. The number of aromatic nitrogens is 1. The molecule has 16 heavy (non-hydrogen) atoms. The molecule has 0 spiro atoms. The van der Waals surface area contributed by atoms with E-state index in [0.717, 1.165) is 5.56 Å². The van der Waals surface area contributed by atoms with Crippen LogP contribution in [-0.2, 0) is 21.1 Å². The van der Waals surface area contributed by atoms with E-state index in [1.54, 1.807) is 24.5 Å². The molecule has 2 heterocycles. The Morgan fingerprint density at radius 1 is 1.38 bits per heavy atom. The minimum absolute atomic E-state index is 0.0206. The van der Waals surface area contributed by atoms with Gasteiger partial charge in [-0.2, -0.15) is 0 Å². The fourth-order valence-corrected chi connectivity index (χ4v) is 3.67. The zero-order valence-electron chi connectivity index (χ0n) is 8.80. The van der Waals surface area contributed by atoms with Gasteiger partial charge in [0.15, 0.2) is 9.84 Å². The van der Waals surface area contributed by atoms with Gasteiger partial charge in [-0.1, -0.05) is 0 Å². The predicted octanol–water partition coefficient (Wildman–Crippen LogP) is 0.628. The molecule has 0 N–H and O–H groups in total. The van der Waals surface area contributed by atoms with Crippen LogP contribution in [0.15, 0.2) is 24.5 Å². The second kappa shape index (κ2) is 4.33. The van der Waals surface area contributed by atoms with E-state index in [4.69, 9.17) is 0 Å². The molecular weight excluding hydrogens is 226 g/mol. The van der Waals surface area contributed by atoms with Crippen molar-refractivity contribution in [2.24, 2.45) is 5.92 Å². The summed E-state index contributed by atoms with van der Waals surface area (Å²) >= 11 is 0. The molecule has 1 unspecified atom stereocenters. The zero-order valence-corrected chi connectivity index (χ0v) is 9.61. The van der Waals surface area contributed by atoms with Crippen LogP contribution in [0.2, 0.25) is 0 Å². The maximum atomic E-state index is 11.8. The van der Waals surface area contributed by atoms with Crippen molar-refractivity contribution in [1.29, 1.82) is 0 Å². The molecule has 0 aliphatic carbocycles. The number of carbonyl (C=O) groups excluding carboxylic acids is 1. The number of rotatable bonds is 3. The Balaban J connectivity index is 2.00. The lowest BCUT2D eigenvalue weighted by atomic mass is 9.98. The van der Waals surface area contributed by atoms with Crippen LogP contribution in [-0.4, -0.2) is 30.7 Å². The molecule has 5 heteroatoms. The van der Waals surface area contributed by atoms with Gasteiger partial charge in [-0.25, -0.2) is 8.42 Å². The normalized spacial score (nSPS) is 23.1. The number of nitrogens with zero attached hydrogens (tertiary/aromatic N) is 1. The molecule has 86 valence electrons. The van der Waals surface area contributed by atoms with Gasteiger partial charge < -0.3 is 0 Å². The first kappa shape index (κ1) is 11.3. The summed E-state index contributed by atoms with van der Waals surface area (Å²) < 4.78 is 22.5. The fourth-order valence-electron chi connectivity index (χ4n) is 1.90. The summed E-state index contributed by atoms with van der Waals surface area (Å²) in [6.45, 7) is 0. The van der Waals surface area contributed by atoms with E-state index < -0.39 is 9.84 Å². The van der Waals surface area contributed by atoms with Crippen molar-refractivity contribution in [3.8, 4) is 0 Å². The molecule has 1 aliphatic rings. The fraction of sp³-hybridized carbons (Fsp3) is 0.455. The molecule has 0 amide bonds. The third-order valence-electron chi connectivity index (χ3n) is 2.82. The molecule has 0 bridgehead atoms. The van der Waals surface area contributed by atoms with E-state index in [9.17, 15) is 13.2 Å². The first-order chi connectivity index (χ1) is 7.57. The van der Waals surface area contributed by atoms with Gasteiger partial charge in [0.2, 0.25) is 0 Å². The lowest BCUT2D eigenvalue weighted by molar-refractivity contribution is -0.121. The van der Waals surface area contributed by atoms with Crippen LogP contribution in [0.3, 0.4) is 0 Å². The third-order valence-corrected chi connectivity index (χ3v) is 4.58. The van der Waals surface area contributed by atoms with E-state index in [-0.39, 0.29) is 23.2 Å². The molecule has 1 aliphatic heterocycles. The van der Waals surface area contributed by atoms with Gasteiger partial charge >= 0.3 is 0 Å². The number of hydrogen-bond donors (Lipinski definition) is 0. The number of carbonyl (C=O) groups is 1. The number of sulfone groups is 1. The number of ketones is 1. The van der Waals surface area contributed by atoms with Crippen LogP contribution in [0.1, 0.15) is 12.0 Å². The van der Waals surface area contributed by atoms with Crippen molar-refractivity contribution in [3.63, 3.8) is 0 Å². The Hall–Kier alpha value is -1.23. The van der Waals surface area contributed by atoms with Gasteiger partial charge in [0, 0.05) is 24.7 Å². The second-order valence-corrected chi connectivity index (χ2v) is 6.33. The average Bonchev–Trinajstić information content (AvgIpc) is 2.60. The van der Waals surface area contributed by atoms with Gasteiger partial charge in [0.25, 0.3) is 0 Å². The maximum absolute atomic E-state index is 11.8. The number of Topliss-reactive ketones (excluding diaryl/α,β-unsaturated/α-hetero) is 1. The average molecular weight is 239 g/mol. The zero-order chi connectivity index (χ0) is 11.6. The van der Waals surface area contributed by atoms with Crippen LogP contribution in [0, 0.1) is 5.92 Å².